The van der Waals surface area contributed by atoms with Gasteiger partial charge in [0, 0.05) is 18.3 Å². The highest BCUT2D eigenvalue weighted by Crippen LogP contribution is 2.17. The van der Waals surface area contributed by atoms with Gasteiger partial charge < -0.3 is 9.30 Å². The smallest absolute Gasteiger partial charge is 0.340 e. The van der Waals surface area contributed by atoms with Crippen molar-refractivity contribution in [3.63, 3.8) is 0 Å². The van der Waals surface area contributed by atoms with Crippen LogP contribution in [0.25, 0.3) is 0 Å². The van der Waals surface area contributed by atoms with Gasteiger partial charge in [-0.25, -0.2) is 4.79 Å². The molecule has 1 atom stereocenters. The number of carbonyl (C=O) groups is 1. The van der Waals surface area contributed by atoms with Crippen LogP contribution in [0.4, 0.5) is 0 Å². The van der Waals surface area contributed by atoms with E-state index in [1.54, 1.807) is 18.4 Å². The third-order valence-corrected chi connectivity index (χ3v) is 3.86. The Bertz CT molecular complexity index is 543. The van der Waals surface area contributed by atoms with Crippen LogP contribution in [0.1, 0.15) is 49.3 Å². The predicted octanol–water partition coefficient (Wildman–Crippen LogP) is 2.93. The van der Waals surface area contributed by atoms with Gasteiger partial charge in [0.25, 0.3) is 5.56 Å². The van der Waals surface area contributed by atoms with Gasteiger partial charge in [-0.1, -0.05) is 20.8 Å². The van der Waals surface area contributed by atoms with Gasteiger partial charge in [-0.05, 0) is 38.2 Å². The normalized spacial score (nSPS) is 12.6. The highest BCUT2D eigenvalue weighted by Gasteiger charge is 2.19. The first kappa shape index (κ1) is 16.5. The van der Waals surface area contributed by atoms with E-state index in [-0.39, 0.29) is 11.5 Å². The van der Waals surface area contributed by atoms with Gasteiger partial charge in [-0.2, -0.15) is 0 Å². The first-order valence-corrected chi connectivity index (χ1v) is 7.17. The topological polar surface area (TPSA) is 48.3 Å². The molecule has 1 unspecified atom stereocenters. The quantitative estimate of drug-likeness (QED) is 0.779. The Labute approximate surface area is 120 Å². The van der Waals surface area contributed by atoms with Crippen LogP contribution < -0.4 is 5.56 Å². The Morgan fingerprint density at radius 1 is 1.30 bits per heavy atom. The maximum atomic E-state index is 12.2. The number of aryl methyl sites for hydroxylation is 1. The SMILES string of the molecule is CCOC(=O)c1c(C)cc(=O)n(CC(C)C(C)C)c1C. The lowest BCUT2D eigenvalue weighted by Crippen LogP contribution is -2.29. The number of pyridine rings is 1. The van der Waals surface area contributed by atoms with Crippen molar-refractivity contribution in [1.82, 2.24) is 4.57 Å². The summed E-state index contributed by atoms with van der Waals surface area (Å²) in [5.74, 6) is 0.492. The van der Waals surface area contributed by atoms with Crippen LogP contribution in [0.5, 0.6) is 0 Å². The summed E-state index contributed by atoms with van der Waals surface area (Å²) < 4.78 is 6.77. The minimum Gasteiger partial charge on any atom is -0.462 e. The van der Waals surface area contributed by atoms with E-state index in [0.29, 0.717) is 41.8 Å². The largest absolute Gasteiger partial charge is 0.462 e. The molecule has 4 nitrogen and oxygen atoms in total. The zero-order chi connectivity index (χ0) is 15.4. The van der Waals surface area contributed by atoms with E-state index in [0.717, 1.165) is 0 Å². The Hall–Kier alpha value is -1.58. The molecule has 0 N–H and O–H groups in total. The molecule has 0 amide bonds. The number of nitrogens with zero attached hydrogens (tertiary/aromatic N) is 1. The van der Waals surface area contributed by atoms with Crippen molar-refractivity contribution in [2.24, 2.45) is 11.8 Å². The van der Waals surface area contributed by atoms with Crippen LogP contribution >= 0.6 is 0 Å². The summed E-state index contributed by atoms with van der Waals surface area (Å²) in [6.07, 6.45) is 0. The van der Waals surface area contributed by atoms with Gasteiger partial charge in [0.1, 0.15) is 0 Å². The Kier molecular flexibility index (Phi) is 5.54. The second-order valence-corrected chi connectivity index (χ2v) is 5.68. The minimum atomic E-state index is -0.353. The number of aromatic nitrogens is 1. The maximum Gasteiger partial charge on any atom is 0.340 e. The molecule has 0 aliphatic rings. The van der Waals surface area contributed by atoms with E-state index in [2.05, 4.69) is 20.8 Å². The van der Waals surface area contributed by atoms with E-state index >= 15 is 0 Å². The van der Waals surface area contributed by atoms with Crippen LogP contribution in [0.2, 0.25) is 0 Å². The highest BCUT2D eigenvalue weighted by molar-refractivity contribution is 5.92. The van der Waals surface area contributed by atoms with Gasteiger partial charge in [-0.3, -0.25) is 4.79 Å². The summed E-state index contributed by atoms with van der Waals surface area (Å²) in [5, 5.41) is 0. The lowest BCUT2D eigenvalue weighted by atomic mass is 9.97. The van der Waals surface area contributed by atoms with Crippen LogP contribution in [0.15, 0.2) is 10.9 Å². The van der Waals surface area contributed by atoms with Crippen molar-refractivity contribution < 1.29 is 9.53 Å². The summed E-state index contributed by atoms with van der Waals surface area (Å²) in [7, 11) is 0. The molecule has 20 heavy (non-hydrogen) atoms. The second kappa shape index (κ2) is 6.73. The molecule has 4 heteroatoms. The first-order valence-electron chi connectivity index (χ1n) is 7.17. The maximum absolute atomic E-state index is 12.2. The third kappa shape index (κ3) is 3.50. The van der Waals surface area contributed by atoms with Crippen molar-refractivity contribution in [2.45, 2.75) is 48.1 Å². The van der Waals surface area contributed by atoms with Crippen LogP contribution in [-0.2, 0) is 11.3 Å². The molecule has 1 rings (SSSR count). The lowest BCUT2D eigenvalue weighted by Gasteiger charge is -2.21. The molecule has 0 fully saturated rings. The molecule has 112 valence electrons. The molecule has 0 saturated carbocycles. The summed E-state index contributed by atoms with van der Waals surface area (Å²) in [6, 6.07) is 1.52. The monoisotopic (exact) mass is 279 g/mol. The molecule has 0 aromatic carbocycles. The van der Waals surface area contributed by atoms with Crippen molar-refractivity contribution >= 4 is 5.97 Å². The standard InChI is InChI=1S/C16H25NO3/c1-7-20-16(19)15-11(4)8-14(18)17(13(15)6)9-12(5)10(2)3/h8,10,12H,7,9H2,1-6H3. The van der Waals surface area contributed by atoms with Crippen LogP contribution in [0.3, 0.4) is 0 Å². The van der Waals surface area contributed by atoms with E-state index in [1.165, 1.54) is 6.07 Å². The van der Waals surface area contributed by atoms with Crippen molar-refractivity contribution in [3.05, 3.63) is 33.2 Å². The van der Waals surface area contributed by atoms with Gasteiger partial charge in [-0.15, -0.1) is 0 Å². The van der Waals surface area contributed by atoms with Gasteiger partial charge in [0.2, 0.25) is 0 Å². The fourth-order valence-corrected chi connectivity index (χ4v) is 2.16. The van der Waals surface area contributed by atoms with E-state index in [9.17, 15) is 9.59 Å². The van der Waals surface area contributed by atoms with E-state index < -0.39 is 0 Å². The molecule has 1 heterocycles. The number of hydrogen-bond donors (Lipinski definition) is 0. The zero-order valence-corrected chi connectivity index (χ0v) is 13.3. The van der Waals surface area contributed by atoms with Gasteiger partial charge in [0.05, 0.1) is 12.2 Å². The summed E-state index contributed by atoms with van der Waals surface area (Å²) in [6.45, 7) is 12.7. The highest BCUT2D eigenvalue weighted by atomic mass is 16.5. The first-order chi connectivity index (χ1) is 9.29. The lowest BCUT2D eigenvalue weighted by molar-refractivity contribution is 0.0523. The van der Waals surface area contributed by atoms with E-state index in [4.69, 9.17) is 4.74 Å². The molecule has 1 aromatic heterocycles. The van der Waals surface area contributed by atoms with Gasteiger partial charge in [0.15, 0.2) is 0 Å². The third-order valence-electron chi connectivity index (χ3n) is 3.86. The summed E-state index contributed by atoms with van der Waals surface area (Å²) >= 11 is 0. The molecule has 1 aromatic rings. The number of carbonyl (C=O) groups excluding carboxylic acids is 1. The summed E-state index contributed by atoms with van der Waals surface area (Å²) in [5.41, 5.74) is 1.84. The Balaban J connectivity index is 3.29. The Morgan fingerprint density at radius 2 is 1.90 bits per heavy atom. The molecule has 0 bridgehead atoms. The van der Waals surface area contributed by atoms with E-state index in [1.807, 2.05) is 6.92 Å². The molecular weight excluding hydrogens is 254 g/mol. The fourth-order valence-electron chi connectivity index (χ4n) is 2.16. The number of ether oxygens (including phenoxy) is 1. The van der Waals surface area contributed by atoms with Crippen molar-refractivity contribution in [3.8, 4) is 0 Å². The molecule has 0 aliphatic heterocycles. The molecule has 0 radical (unpaired) electrons. The Morgan fingerprint density at radius 3 is 2.40 bits per heavy atom. The van der Waals surface area contributed by atoms with Crippen molar-refractivity contribution in [2.75, 3.05) is 6.61 Å². The molecule has 0 spiro atoms. The fraction of sp³-hybridized carbons (Fsp3) is 0.625. The average molecular weight is 279 g/mol. The zero-order valence-electron chi connectivity index (χ0n) is 13.3. The molecule has 0 aliphatic carbocycles. The molecular formula is C16H25NO3. The van der Waals surface area contributed by atoms with Gasteiger partial charge >= 0.3 is 5.97 Å². The average Bonchev–Trinajstić information content (AvgIpc) is 2.33. The van der Waals surface area contributed by atoms with Crippen molar-refractivity contribution in [1.29, 1.82) is 0 Å². The predicted molar refractivity (Wildman–Crippen MR) is 80.1 cm³/mol. The minimum absolute atomic E-state index is 0.0550. The van der Waals surface area contributed by atoms with Crippen LogP contribution in [-0.4, -0.2) is 17.1 Å². The second-order valence-electron chi connectivity index (χ2n) is 5.68. The number of esters is 1. The summed E-state index contributed by atoms with van der Waals surface area (Å²) in [4.78, 5) is 24.2. The number of rotatable bonds is 5. The number of hydrogen-bond acceptors (Lipinski definition) is 3. The van der Waals surface area contributed by atoms with Crippen LogP contribution in [0, 0.1) is 25.7 Å². The molecule has 0 saturated heterocycles.